The third kappa shape index (κ3) is 5.74. The second-order valence-corrected chi connectivity index (χ2v) is 4.76. The first-order valence-electron chi connectivity index (χ1n) is 5.59. The van der Waals surface area contributed by atoms with Crippen LogP contribution in [0.4, 0.5) is 0 Å². The van der Waals surface area contributed by atoms with Crippen LogP contribution in [0.3, 0.4) is 0 Å². The number of amides is 1. The molecule has 0 aromatic rings. The normalized spacial score (nSPS) is 15.5. The molecule has 90 valence electrons. The van der Waals surface area contributed by atoms with Gasteiger partial charge in [-0.1, -0.05) is 13.8 Å². The maximum atomic E-state index is 11.1. The van der Waals surface area contributed by atoms with Gasteiger partial charge in [0.15, 0.2) is 0 Å². The van der Waals surface area contributed by atoms with Gasteiger partial charge >= 0.3 is 0 Å². The zero-order chi connectivity index (χ0) is 12.0. The van der Waals surface area contributed by atoms with Crippen molar-refractivity contribution in [1.82, 2.24) is 10.3 Å². The Bertz CT molecular complexity index is 194. The number of nitrogens with zero attached hydrogens (tertiary/aromatic N) is 1. The van der Waals surface area contributed by atoms with Crippen LogP contribution in [0, 0.1) is 5.92 Å². The number of hydrogen-bond acceptors (Lipinski definition) is 3. The van der Waals surface area contributed by atoms with Crippen molar-refractivity contribution in [3.63, 3.8) is 0 Å². The number of carbonyl (C=O) groups excluding carboxylic acids is 1. The summed E-state index contributed by atoms with van der Waals surface area (Å²) in [6.45, 7) is 8.66. The van der Waals surface area contributed by atoms with Crippen molar-refractivity contribution in [3.8, 4) is 0 Å². The minimum Gasteiger partial charge on any atom is -0.300 e. The topological polar surface area (TPSA) is 58.4 Å². The maximum absolute atomic E-state index is 11.1. The van der Waals surface area contributed by atoms with Gasteiger partial charge in [0.25, 0.3) is 0 Å². The largest absolute Gasteiger partial charge is 0.300 e. The van der Waals surface area contributed by atoms with E-state index in [0.29, 0.717) is 18.4 Å². The summed E-state index contributed by atoms with van der Waals surface area (Å²) in [6, 6.07) is 0.716. The van der Waals surface area contributed by atoms with Crippen LogP contribution < -0.4 is 11.3 Å². The Labute approximate surface area is 93.2 Å². The minimum atomic E-state index is -0.105. The first-order valence-corrected chi connectivity index (χ1v) is 5.59. The lowest BCUT2D eigenvalue weighted by Gasteiger charge is -2.31. The van der Waals surface area contributed by atoms with Crippen LogP contribution in [0.5, 0.6) is 0 Å². The van der Waals surface area contributed by atoms with Crippen LogP contribution in [-0.4, -0.2) is 29.9 Å². The van der Waals surface area contributed by atoms with Gasteiger partial charge in [0.1, 0.15) is 0 Å². The van der Waals surface area contributed by atoms with Crippen LogP contribution in [0.25, 0.3) is 0 Å². The summed E-state index contributed by atoms with van der Waals surface area (Å²) < 4.78 is 0. The SMILES string of the molecule is CC(C)CC(C)N(C)C(C)CC(=O)NN. The third-order valence-corrected chi connectivity index (χ3v) is 2.84. The summed E-state index contributed by atoms with van der Waals surface area (Å²) in [6.07, 6.45) is 1.60. The predicted molar refractivity (Wildman–Crippen MR) is 63.1 cm³/mol. The predicted octanol–water partition coefficient (Wildman–Crippen LogP) is 1.12. The fraction of sp³-hybridized carbons (Fsp3) is 0.909. The summed E-state index contributed by atoms with van der Waals surface area (Å²) >= 11 is 0. The zero-order valence-corrected chi connectivity index (χ0v) is 10.6. The molecule has 2 atom stereocenters. The summed E-state index contributed by atoms with van der Waals surface area (Å²) in [5.41, 5.74) is 2.16. The van der Waals surface area contributed by atoms with E-state index in [1.165, 1.54) is 0 Å². The van der Waals surface area contributed by atoms with Crippen LogP contribution in [0.1, 0.15) is 40.5 Å². The average molecular weight is 215 g/mol. The van der Waals surface area contributed by atoms with E-state index >= 15 is 0 Å². The van der Waals surface area contributed by atoms with Crippen LogP contribution in [0.15, 0.2) is 0 Å². The van der Waals surface area contributed by atoms with Crippen molar-refractivity contribution in [1.29, 1.82) is 0 Å². The molecule has 0 aliphatic rings. The van der Waals surface area contributed by atoms with Crippen LogP contribution in [0.2, 0.25) is 0 Å². The Morgan fingerprint density at radius 2 is 1.80 bits per heavy atom. The van der Waals surface area contributed by atoms with E-state index < -0.39 is 0 Å². The lowest BCUT2D eigenvalue weighted by atomic mass is 10.0. The molecule has 1 amide bonds. The van der Waals surface area contributed by atoms with Gasteiger partial charge < -0.3 is 4.90 Å². The molecule has 0 saturated carbocycles. The van der Waals surface area contributed by atoms with E-state index in [1.807, 2.05) is 6.92 Å². The van der Waals surface area contributed by atoms with Crippen LogP contribution in [-0.2, 0) is 4.79 Å². The smallest absolute Gasteiger partial charge is 0.235 e. The Morgan fingerprint density at radius 3 is 2.20 bits per heavy atom. The van der Waals surface area contributed by atoms with E-state index in [2.05, 4.69) is 38.1 Å². The molecule has 0 bridgehead atoms. The Hall–Kier alpha value is -0.610. The van der Waals surface area contributed by atoms with E-state index in [9.17, 15) is 4.79 Å². The van der Waals surface area contributed by atoms with Gasteiger partial charge in [-0.2, -0.15) is 0 Å². The summed E-state index contributed by atoms with van der Waals surface area (Å²) in [4.78, 5) is 13.3. The first kappa shape index (κ1) is 14.4. The second-order valence-electron chi connectivity index (χ2n) is 4.76. The standard InChI is InChI=1S/C11H25N3O/c1-8(2)6-9(3)14(5)10(4)7-11(15)13-12/h8-10H,6-7,12H2,1-5H3,(H,13,15). The molecule has 4 nitrogen and oxygen atoms in total. The average Bonchev–Trinajstić information content (AvgIpc) is 2.15. The molecule has 0 heterocycles. The number of nitrogens with two attached hydrogens (primary N) is 1. The molecular formula is C11H25N3O. The Kier molecular flexibility index (Phi) is 6.52. The van der Waals surface area contributed by atoms with E-state index in [0.717, 1.165) is 6.42 Å². The molecule has 0 aliphatic carbocycles. The Morgan fingerprint density at radius 1 is 1.27 bits per heavy atom. The molecule has 0 rings (SSSR count). The van der Waals surface area contributed by atoms with Crippen molar-refractivity contribution < 1.29 is 4.79 Å². The molecule has 0 saturated heterocycles. The third-order valence-electron chi connectivity index (χ3n) is 2.84. The summed E-state index contributed by atoms with van der Waals surface area (Å²) in [5.74, 6) is 5.63. The quantitative estimate of drug-likeness (QED) is 0.396. The molecule has 4 heteroatoms. The van der Waals surface area contributed by atoms with E-state index in [1.54, 1.807) is 0 Å². The number of carbonyl (C=O) groups is 1. The highest BCUT2D eigenvalue weighted by Gasteiger charge is 2.18. The monoisotopic (exact) mass is 215 g/mol. The van der Waals surface area contributed by atoms with Gasteiger partial charge in [0.05, 0.1) is 0 Å². The summed E-state index contributed by atoms with van der Waals surface area (Å²) in [5, 5.41) is 0. The van der Waals surface area contributed by atoms with E-state index in [4.69, 9.17) is 5.84 Å². The molecule has 2 unspecified atom stereocenters. The molecule has 0 fully saturated rings. The zero-order valence-electron chi connectivity index (χ0n) is 10.6. The lowest BCUT2D eigenvalue weighted by Crippen LogP contribution is -2.42. The van der Waals surface area contributed by atoms with Crippen molar-refractivity contribution in [2.75, 3.05) is 7.05 Å². The van der Waals surface area contributed by atoms with Gasteiger partial charge in [0.2, 0.25) is 5.91 Å². The highest BCUT2D eigenvalue weighted by molar-refractivity contribution is 5.75. The number of hydrogen-bond donors (Lipinski definition) is 2. The van der Waals surface area contributed by atoms with Crippen LogP contribution >= 0.6 is 0 Å². The maximum Gasteiger partial charge on any atom is 0.235 e. The lowest BCUT2D eigenvalue weighted by molar-refractivity contribution is -0.122. The molecule has 0 spiro atoms. The van der Waals surface area contributed by atoms with Crippen molar-refractivity contribution in [2.45, 2.75) is 52.6 Å². The molecule has 15 heavy (non-hydrogen) atoms. The number of rotatable bonds is 6. The second kappa shape index (κ2) is 6.80. The number of nitrogens with one attached hydrogen (secondary N) is 1. The van der Waals surface area contributed by atoms with Gasteiger partial charge in [-0.05, 0) is 33.2 Å². The fourth-order valence-corrected chi connectivity index (χ4v) is 1.75. The van der Waals surface area contributed by atoms with Gasteiger partial charge in [-0.25, -0.2) is 5.84 Å². The van der Waals surface area contributed by atoms with E-state index in [-0.39, 0.29) is 11.9 Å². The molecule has 0 aliphatic heterocycles. The fourth-order valence-electron chi connectivity index (χ4n) is 1.75. The van der Waals surface area contributed by atoms with Crippen molar-refractivity contribution >= 4 is 5.91 Å². The van der Waals surface area contributed by atoms with Crippen molar-refractivity contribution in [2.24, 2.45) is 11.8 Å². The highest BCUT2D eigenvalue weighted by atomic mass is 16.2. The van der Waals surface area contributed by atoms with Gasteiger partial charge in [-0.3, -0.25) is 10.2 Å². The molecule has 0 aromatic heterocycles. The van der Waals surface area contributed by atoms with Crippen molar-refractivity contribution in [3.05, 3.63) is 0 Å². The molecule has 3 N–H and O–H groups in total. The molecular weight excluding hydrogens is 190 g/mol. The number of hydrazine groups is 1. The van der Waals surface area contributed by atoms with Gasteiger partial charge in [-0.15, -0.1) is 0 Å². The first-order chi connectivity index (χ1) is 6.88. The van der Waals surface area contributed by atoms with Gasteiger partial charge in [0, 0.05) is 18.5 Å². The molecule has 0 radical (unpaired) electrons. The summed E-state index contributed by atoms with van der Waals surface area (Å²) in [7, 11) is 2.06. The highest BCUT2D eigenvalue weighted by Crippen LogP contribution is 2.13. The molecule has 0 aromatic carbocycles. The minimum absolute atomic E-state index is 0.105. The Balaban J connectivity index is 4.06.